The Morgan fingerprint density at radius 3 is 2.00 bits per heavy atom. The van der Waals surface area contributed by atoms with Crippen LogP contribution in [0.4, 0.5) is 50.9 Å². The molecule has 3 aromatic carbocycles. The van der Waals surface area contributed by atoms with Crippen LogP contribution in [-0.2, 0) is 5.67 Å². The highest BCUT2D eigenvalue weighted by atomic mass is 35.5. The van der Waals surface area contributed by atoms with Gasteiger partial charge >= 0.3 is 24.6 Å². The predicted octanol–water partition coefficient (Wildman–Crippen LogP) is 7.16. The van der Waals surface area contributed by atoms with Crippen LogP contribution in [0.3, 0.4) is 0 Å². The third-order valence-corrected chi connectivity index (χ3v) is 5.87. The van der Waals surface area contributed by atoms with E-state index in [0.29, 0.717) is 0 Å². The van der Waals surface area contributed by atoms with Crippen LogP contribution in [0.15, 0.2) is 48.5 Å². The molecule has 18 heteroatoms. The van der Waals surface area contributed by atoms with Crippen molar-refractivity contribution in [2.75, 3.05) is 17.7 Å². The van der Waals surface area contributed by atoms with Crippen LogP contribution < -0.4 is 20.1 Å². The number of benzene rings is 3. The minimum atomic E-state index is -6.66. The van der Waals surface area contributed by atoms with Crippen molar-refractivity contribution in [2.45, 2.75) is 24.6 Å². The van der Waals surface area contributed by atoms with Gasteiger partial charge in [-0.1, -0.05) is 17.7 Å². The van der Waals surface area contributed by atoms with Gasteiger partial charge in [0.2, 0.25) is 0 Å². The molecule has 0 bridgehead atoms. The second kappa shape index (κ2) is 12.0. The van der Waals surface area contributed by atoms with Crippen LogP contribution in [0.2, 0.25) is 5.02 Å². The fraction of sp³-hybridized carbons (Fsp3) is 0.200. The lowest BCUT2D eigenvalue weighted by atomic mass is 9.93. The number of carbonyl (C=O) groups excluding carboxylic acids is 2. The van der Waals surface area contributed by atoms with Crippen LogP contribution in [0, 0.1) is 0 Å². The molecule has 0 radical (unpaired) electrons. The van der Waals surface area contributed by atoms with E-state index in [1.54, 1.807) is 5.32 Å². The van der Waals surface area contributed by atoms with Crippen molar-refractivity contribution in [1.29, 1.82) is 0 Å². The summed E-state index contributed by atoms with van der Waals surface area (Å²) in [5, 5.41) is 24.3. The number of hydrogen-bond acceptors (Lipinski definition) is 6. The van der Waals surface area contributed by atoms with Crippen molar-refractivity contribution >= 4 is 34.8 Å². The first-order valence-electron chi connectivity index (χ1n) is 11.2. The van der Waals surface area contributed by atoms with Gasteiger partial charge in [-0.15, -0.1) is 0 Å². The smallest absolute Gasteiger partial charge is 0.435 e. The first kappa shape index (κ1) is 33.0. The second-order valence-corrected chi connectivity index (χ2v) is 8.79. The SMILES string of the molecule is COc1c(NC(=O)c2cc(Cl)ccc2O)cccc1C(=O)Nc1c(O)cc(C(F)(C(F)(F)F)C(F)(F)F)cc1OC(F)F. The number of hydrogen-bond donors (Lipinski definition) is 4. The molecule has 3 rings (SSSR count). The van der Waals surface area contributed by atoms with Crippen LogP contribution in [0.5, 0.6) is 23.0 Å². The largest absolute Gasteiger partial charge is 0.507 e. The molecule has 0 saturated carbocycles. The van der Waals surface area contributed by atoms with Gasteiger partial charge in [0, 0.05) is 10.6 Å². The van der Waals surface area contributed by atoms with Gasteiger partial charge in [0.25, 0.3) is 11.8 Å². The number of nitrogens with one attached hydrogen (secondary N) is 2. The van der Waals surface area contributed by atoms with Crippen LogP contribution in [0.25, 0.3) is 0 Å². The molecular weight excluding hydrogens is 631 g/mol. The number of rotatable bonds is 8. The molecular formula is C25H16ClF9N2O6. The number of phenolic OH excluding ortho intramolecular Hbond substituents is 2. The predicted molar refractivity (Wildman–Crippen MR) is 132 cm³/mol. The van der Waals surface area contributed by atoms with Gasteiger partial charge in [0.05, 0.1) is 23.9 Å². The first-order valence-corrected chi connectivity index (χ1v) is 11.6. The highest BCUT2D eigenvalue weighted by Gasteiger charge is 2.73. The molecule has 0 aliphatic carbocycles. The number of phenols is 2. The molecule has 0 heterocycles. The summed E-state index contributed by atoms with van der Waals surface area (Å²) in [6.07, 6.45) is -13.3. The van der Waals surface area contributed by atoms with Gasteiger partial charge in [-0.05, 0) is 42.5 Å². The topological polar surface area (TPSA) is 117 Å². The van der Waals surface area contributed by atoms with Crippen molar-refractivity contribution in [3.63, 3.8) is 0 Å². The summed E-state index contributed by atoms with van der Waals surface area (Å²) < 4.78 is 129. The van der Waals surface area contributed by atoms with E-state index >= 15 is 0 Å². The summed E-state index contributed by atoms with van der Waals surface area (Å²) in [4.78, 5) is 25.7. The number of carbonyl (C=O) groups is 2. The average molecular weight is 647 g/mol. The Bertz CT molecular complexity index is 1530. The van der Waals surface area contributed by atoms with Crippen molar-refractivity contribution < 1.29 is 68.8 Å². The molecule has 0 aliphatic heterocycles. The van der Waals surface area contributed by atoms with Gasteiger partial charge in [-0.2, -0.15) is 35.1 Å². The van der Waals surface area contributed by atoms with Crippen LogP contribution in [-0.4, -0.2) is 48.1 Å². The Morgan fingerprint density at radius 2 is 1.44 bits per heavy atom. The number of ether oxygens (including phenoxy) is 2. The maximum atomic E-state index is 14.5. The van der Waals surface area contributed by atoms with E-state index in [2.05, 4.69) is 10.1 Å². The van der Waals surface area contributed by atoms with Gasteiger partial charge in [0.15, 0.2) is 11.5 Å². The van der Waals surface area contributed by atoms with Gasteiger partial charge in [-0.25, -0.2) is 4.39 Å². The third kappa shape index (κ3) is 6.60. The minimum Gasteiger partial charge on any atom is -0.507 e. The van der Waals surface area contributed by atoms with E-state index < -0.39 is 82.3 Å². The van der Waals surface area contributed by atoms with Crippen LogP contribution in [0.1, 0.15) is 26.3 Å². The van der Waals surface area contributed by atoms with Gasteiger partial charge in [-0.3, -0.25) is 9.59 Å². The number of para-hydroxylation sites is 1. The van der Waals surface area contributed by atoms with E-state index in [1.807, 2.05) is 0 Å². The molecule has 0 unspecified atom stereocenters. The van der Waals surface area contributed by atoms with Crippen molar-refractivity contribution in [3.8, 4) is 23.0 Å². The first-order chi connectivity index (χ1) is 19.8. The molecule has 0 aromatic heterocycles. The molecule has 0 saturated heterocycles. The van der Waals surface area contributed by atoms with Gasteiger partial charge < -0.3 is 30.3 Å². The maximum absolute atomic E-state index is 14.5. The molecule has 0 spiro atoms. The zero-order valence-corrected chi connectivity index (χ0v) is 21.8. The Kier molecular flexibility index (Phi) is 9.19. The Labute approximate surface area is 239 Å². The summed E-state index contributed by atoms with van der Waals surface area (Å²) in [5.74, 6) is -6.59. The third-order valence-electron chi connectivity index (χ3n) is 5.63. The zero-order valence-electron chi connectivity index (χ0n) is 21.0. The molecule has 4 N–H and O–H groups in total. The lowest BCUT2D eigenvalue weighted by molar-refractivity contribution is -0.348. The monoisotopic (exact) mass is 646 g/mol. The molecule has 232 valence electrons. The number of alkyl halides is 9. The van der Waals surface area contributed by atoms with E-state index in [1.165, 1.54) is 12.1 Å². The van der Waals surface area contributed by atoms with E-state index in [0.717, 1.165) is 31.4 Å². The van der Waals surface area contributed by atoms with Gasteiger partial charge in [0.1, 0.15) is 17.2 Å². The van der Waals surface area contributed by atoms with Crippen LogP contribution >= 0.6 is 11.6 Å². The fourth-order valence-corrected chi connectivity index (χ4v) is 3.87. The summed E-state index contributed by atoms with van der Waals surface area (Å²) in [6, 6.07) is 6.12. The summed E-state index contributed by atoms with van der Waals surface area (Å²) in [6.45, 7) is -3.92. The molecule has 0 fully saturated rings. The number of methoxy groups -OCH3 is 1. The normalized spacial score (nSPS) is 12.2. The summed E-state index contributed by atoms with van der Waals surface area (Å²) in [7, 11) is 1.02. The quantitative estimate of drug-likeness (QED) is 0.153. The lowest BCUT2D eigenvalue weighted by Gasteiger charge is -2.31. The number of anilines is 2. The molecule has 0 atom stereocenters. The molecule has 3 aromatic rings. The van der Waals surface area contributed by atoms with Crippen molar-refractivity contribution in [3.05, 3.63) is 70.2 Å². The molecule has 8 nitrogen and oxygen atoms in total. The average Bonchev–Trinajstić information content (AvgIpc) is 2.89. The van der Waals surface area contributed by atoms with E-state index in [-0.39, 0.29) is 22.3 Å². The highest BCUT2D eigenvalue weighted by molar-refractivity contribution is 6.31. The van der Waals surface area contributed by atoms with E-state index in [9.17, 15) is 59.3 Å². The Morgan fingerprint density at radius 1 is 0.837 bits per heavy atom. The highest BCUT2D eigenvalue weighted by Crippen LogP contribution is 2.55. The standard InChI is InChI=1S/C25H16ClF9N2O6/c1-42-19-12(3-2-4-14(19)36-21(41)13-9-11(26)5-6-15(13)38)20(40)37-18-16(39)7-10(8-17(18)43-22(27)28)23(29,24(30,31)32)25(33,34)35/h2-9,22,38-39H,1H3,(H,36,41)(H,37,40). The minimum absolute atomic E-state index is 0.0751. The number of amides is 2. The second-order valence-electron chi connectivity index (χ2n) is 8.36. The van der Waals surface area contributed by atoms with E-state index in [4.69, 9.17) is 16.3 Å². The molecule has 0 aliphatic rings. The zero-order chi connectivity index (χ0) is 32.5. The summed E-state index contributed by atoms with van der Waals surface area (Å²) in [5.41, 5.74) is -10.8. The fourth-order valence-electron chi connectivity index (χ4n) is 3.70. The van der Waals surface area contributed by atoms with Crippen molar-refractivity contribution in [2.24, 2.45) is 0 Å². The molecule has 43 heavy (non-hydrogen) atoms. The Balaban J connectivity index is 2.06. The lowest BCUT2D eigenvalue weighted by Crippen LogP contribution is -2.50. The molecule has 2 amide bonds. The maximum Gasteiger partial charge on any atom is 0.435 e. The number of halogens is 10. The van der Waals surface area contributed by atoms with Crippen molar-refractivity contribution in [1.82, 2.24) is 0 Å². The summed E-state index contributed by atoms with van der Waals surface area (Å²) >= 11 is 5.82. The number of aromatic hydroxyl groups is 2. The Hall–Kier alpha value is -4.54.